The van der Waals surface area contributed by atoms with Crippen LogP contribution >= 0.6 is 0 Å². The van der Waals surface area contributed by atoms with Crippen molar-refractivity contribution < 1.29 is 9.90 Å². The molecular weight excluding hydrogens is 230 g/mol. The number of hydrogen-bond donors (Lipinski definition) is 2. The predicted octanol–water partition coefficient (Wildman–Crippen LogP) is 0.436. The Morgan fingerprint density at radius 3 is 2.72 bits per heavy atom. The van der Waals surface area contributed by atoms with Crippen molar-refractivity contribution in [1.29, 1.82) is 0 Å². The molecule has 0 saturated carbocycles. The SMILES string of the molecule is CC(C)C1(O)CN(C(=O)Cc2ccc(N)cn2)C1. The van der Waals surface area contributed by atoms with Gasteiger partial charge in [-0.05, 0) is 18.1 Å². The summed E-state index contributed by atoms with van der Waals surface area (Å²) < 4.78 is 0. The second-order valence-corrected chi connectivity index (χ2v) is 5.27. The molecule has 0 atom stereocenters. The maximum absolute atomic E-state index is 11.9. The topological polar surface area (TPSA) is 79.5 Å². The van der Waals surface area contributed by atoms with Crippen molar-refractivity contribution >= 4 is 11.6 Å². The molecular formula is C13H19N3O2. The first-order valence-electron chi connectivity index (χ1n) is 6.11. The van der Waals surface area contributed by atoms with Gasteiger partial charge in [-0.2, -0.15) is 0 Å². The molecule has 1 aliphatic heterocycles. The van der Waals surface area contributed by atoms with Gasteiger partial charge in [-0.25, -0.2) is 0 Å². The van der Waals surface area contributed by atoms with Crippen LogP contribution in [0.2, 0.25) is 0 Å². The molecule has 0 radical (unpaired) electrons. The number of anilines is 1. The van der Waals surface area contributed by atoms with Crippen molar-refractivity contribution in [3.63, 3.8) is 0 Å². The summed E-state index contributed by atoms with van der Waals surface area (Å²) >= 11 is 0. The Kier molecular flexibility index (Phi) is 3.26. The monoisotopic (exact) mass is 249 g/mol. The highest BCUT2D eigenvalue weighted by Gasteiger charge is 2.45. The highest BCUT2D eigenvalue weighted by atomic mass is 16.3. The molecule has 2 rings (SSSR count). The third-order valence-corrected chi connectivity index (χ3v) is 3.54. The van der Waals surface area contributed by atoms with Crippen LogP contribution in [0.15, 0.2) is 18.3 Å². The molecule has 0 unspecified atom stereocenters. The van der Waals surface area contributed by atoms with E-state index in [2.05, 4.69) is 4.98 Å². The highest BCUT2D eigenvalue weighted by molar-refractivity contribution is 5.79. The van der Waals surface area contributed by atoms with E-state index in [0.717, 1.165) is 0 Å². The summed E-state index contributed by atoms with van der Waals surface area (Å²) in [6.07, 6.45) is 1.80. The molecule has 5 heteroatoms. The maximum atomic E-state index is 11.9. The first-order chi connectivity index (χ1) is 8.40. The number of hydrogen-bond acceptors (Lipinski definition) is 4. The molecule has 2 heterocycles. The van der Waals surface area contributed by atoms with Gasteiger partial charge in [-0.15, -0.1) is 0 Å². The van der Waals surface area contributed by atoms with E-state index in [-0.39, 0.29) is 18.2 Å². The molecule has 1 fully saturated rings. The Morgan fingerprint density at radius 2 is 2.22 bits per heavy atom. The predicted molar refractivity (Wildman–Crippen MR) is 68.7 cm³/mol. The van der Waals surface area contributed by atoms with E-state index < -0.39 is 5.60 Å². The number of nitrogens with zero attached hydrogens (tertiary/aromatic N) is 2. The van der Waals surface area contributed by atoms with E-state index in [4.69, 9.17) is 5.73 Å². The third kappa shape index (κ3) is 2.46. The molecule has 0 spiro atoms. The van der Waals surface area contributed by atoms with Crippen LogP contribution < -0.4 is 5.73 Å². The van der Waals surface area contributed by atoms with Crippen molar-refractivity contribution in [2.75, 3.05) is 18.8 Å². The summed E-state index contributed by atoms with van der Waals surface area (Å²) in [6.45, 7) is 4.75. The van der Waals surface area contributed by atoms with E-state index in [9.17, 15) is 9.90 Å². The molecule has 1 saturated heterocycles. The number of nitrogens with two attached hydrogens (primary N) is 1. The van der Waals surface area contributed by atoms with E-state index in [0.29, 0.717) is 24.5 Å². The molecule has 0 aromatic carbocycles. The minimum absolute atomic E-state index is 0.00223. The van der Waals surface area contributed by atoms with Crippen molar-refractivity contribution in [3.8, 4) is 0 Å². The van der Waals surface area contributed by atoms with Crippen molar-refractivity contribution in [3.05, 3.63) is 24.0 Å². The van der Waals surface area contributed by atoms with Crippen LogP contribution in [0.25, 0.3) is 0 Å². The molecule has 1 amide bonds. The summed E-state index contributed by atoms with van der Waals surface area (Å²) in [7, 11) is 0. The molecule has 18 heavy (non-hydrogen) atoms. The zero-order valence-corrected chi connectivity index (χ0v) is 10.8. The fraction of sp³-hybridized carbons (Fsp3) is 0.538. The number of likely N-dealkylation sites (tertiary alicyclic amines) is 1. The minimum atomic E-state index is -0.718. The molecule has 1 aromatic rings. The lowest BCUT2D eigenvalue weighted by Crippen LogP contribution is -2.66. The van der Waals surface area contributed by atoms with Gasteiger partial charge in [-0.1, -0.05) is 13.8 Å². The van der Waals surface area contributed by atoms with Gasteiger partial charge in [0.15, 0.2) is 0 Å². The van der Waals surface area contributed by atoms with Gasteiger partial charge in [0.05, 0.1) is 31.4 Å². The van der Waals surface area contributed by atoms with Gasteiger partial charge in [0.25, 0.3) is 0 Å². The van der Waals surface area contributed by atoms with Crippen molar-refractivity contribution in [1.82, 2.24) is 9.88 Å². The second-order valence-electron chi connectivity index (χ2n) is 5.27. The van der Waals surface area contributed by atoms with Gasteiger partial charge < -0.3 is 15.7 Å². The Bertz CT molecular complexity index is 436. The lowest BCUT2D eigenvalue weighted by Gasteiger charge is -2.49. The smallest absolute Gasteiger partial charge is 0.228 e. The van der Waals surface area contributed by atoms with Crippen LogP contribution in [0, 0.1) is 5.92 Å². The van der Waals surface area contributed by atoms with Crippen LogP contribution in [0.1, 0.15) is 19.5 Å². The molecule has 1 aliphatic rings. The van der Waals surface area contributed by atoms with E-state index >= 15 is 0 Å². The van der Waals surface area contributed by atoms with Gasteiger partial charge in [-0.3, -0.25) is 9.78 Å². The summed E-state index contributed by atoms with van der Waals surface area (Å²) in [4.78, 5) is 17.7. The first-order valence-corrected chi connectivity index (χ1v) is 6.11. The first kappa shape index (κ1) is 12.8. The van der Waals surface area contributed by atoms with Crippen LogP contribution in [-0.4, -0.2) is 39.6 Å². The van der Waals surface area contributed by atoms with Crippen LogP contribution in [0.3, 0.4) is 0 Å². The molecule has 3 N–H and O–H groups in total. The maximum Gasteiger partial charge on any atom is 0.228 e. The third-order valence-electron chi connectivity index (χ3n) is 3.54. The number of carbonyl (C=O) groups excluding carboxylic acids is 1. The number of aromatic nitrogens is 1. The summed E-state index contributed by atoms with van der Waals surface area (Å²) in [5.74, 6) is 0.161. The summed E-state index contributed by atoms with van der Waals surface area (Å²) in [5.41, 5.74) is 6.10. The van der Waals surface area contributed by atoms with E-state index in [1.165, 1.54) is 0 Å². The Morgan fingerprint density at radius 1 is 1.56 bits per heavy atom. The fourth-order valence-corrected chi connectivity index (χ4v) is 1.96. The van der Waals surface area contributed by atoms with E-state index in [1.54, 1.807) is 23.2 Å². The van der Waals surface area contributed by atoms with Crippen LogP contribution in [-0.2, 0) is 11.2 Å². The lowest BCUT2D eigenvalue weighted by atomic mass is 9.83. The summed E-state index contributed by atoms with van der Waals surface area (Å²) in [6, 6.07) is 3.48. The molecule has 1 aromatic heterocycles. The lowest BCUT2D eigenvalue weighted by molar-refractivity contribution is -0.163. The largest absolute Gasteiger partial charge is 0.397 e. The number of carbonyl (C=O) groups is 1. The van der Waals surface area contributed by atoms with Gasteiger partial charge >= 0.3 is 0 Å². The van der Waals surface area contributed by atoms with Crippen molar-refractivity contribution in [2.24, 2.45) is 5.92 Å². The molecule has 98 valence electrons. The molecule has 0 aliphatic carbocycles. The van der Waals surface area contributed by atoms with Gasteiger partial charge in [0, 0.05) is 5.69 Å². The van der Waals surface area contributed by atoms with Crippen molar-refractivity contribution in [2.45, 2.75) is 25.9 Å². The zero-order chi connectivity index (χ0) is 13.3. The average molecular weight is 249 g/mol. The Labute approximate surface area is 107 Å². The number of nitrogen functional groups attached to an aromatic ring is 1. The number of aliphatic hydroxyl groups is 1. The van der Waals surface area contributed by atoms with Gasteiger partial charge in [0.2, 0.25) is 5.91 Å². The zero-order valence-electron chi connectivity index (χ0n) is 10.8. The van der Waals surface area contributed by atoms with Crippen LogP contribution in [0.5, 0.6) is 0 Å². The normalized spacial score (nSPS) is 17.7. The Balaban J connectivity index is 1.89. The molecule has 0 bridgehead atoms. The standard InChI is InChI=1S/C13H19N3O2/c1-9(2)13(18)7-16(8-13)12(17)5-11-4-3-10(14)6-15-11/h3-4,6,9,18H,5,7-8,14H2,1-2H3. The highest BCUT2D eigenvalue weighted by Crippen LogP contribution is 2.28. The molecule has 5 nitrogen and oxygen atoms in total. The van der Waals surface area contributed by atoms with E-state index in [1.807, 2.05) is 13.8 Å². The number of pyridine rings is 1. The van der Waals surface area contributed by atoms with Gasteiger partial charge in [0.1, 0.15) is 5.60 Å². The fourth-order valence-electron chi connectivity index (χ4n) is 1.96. The number of amides is 1. The summed E-state index contributed by atoms with van der Waals surface area (Å²) in [5, 5.41) is 10.1. The minimum Gasteiger partial charge on any atom is -0.397 e. The average Bonchev–Trinajstić information content (AvgIpc) is 2.27. The second kappa shape index (κ2) is 4.57. The quantitative estimate of drug-likeness (QED) is 0.814. The number of β-amino-alcohol motifs (C(OH)–C–C–N with tert-alkyl or cyclic N) is 1. The Hall–Kier alpha value is -1.62. The van der Waals surface area contributed by atoms with Crippen LogP contribution in [0.4, 0.5) is 5.69 Å². The number of rotatable bonds is 3.